The third kappa shape index (κ3) is 2.30. The maximum absolute atomic E-state index is 5.86. The van der Waals surface area contributed by atoms with Crippen LogP contribution in [0.5, 0.6) is 5.75 Å². The van der Waals surface area contributed by atoms with Gasteiger partial charge in [0.05, 0.1) is 23.4 Å². The molecule has 3 rings (SSSR count). The SMILES string of the molecule is NNC(c1ccc(Cl)cn1)c1cccc2c1OCC2. The van der Waals surface area contributed by atoms with Crippen molar-refractivity contribution in [2.24, 2.45) is 5.84 Å². The third-order valence-electron chi connectivity index (χ3n) is 3.27. The van der Waals surface area contributed by atoms with Crippen LogP contribution in [0.15, 0.2) is 36.5 Å². The van der Waals surface area contributed by atoms with E-state index in [1.807, 2.05) is 18.2 Å². The first kappa shape index (κ1) is 12.4. The summed E-state index contributed by atoms with van der Waals surface area (Å²) in [5.74, 6) is 6.61. The van der Waals surface area contributed by atoms with Gasteiger partial charge in [-0.1, -0.05) is 29.8 Å². The van der Waals surface area contributed by atoms with Crippen molar-refractivity contribution in [3.05, 3.63) is 58.4 Å². The van der Waals surface area contributed by atoms with Crippen molar-refractivity contribution in [2.75, 3.05) is 6.61 Å². The second-order valence-corrected chi connectivity index (χ2v) is 4.87. The quantitative estimate of drug-likeness (QED) is 0.666. The zero-order chi connectivity index (χ0) is 13.2. The fraction of sp³-hybridized carbons (Fsp3) is 0.214. The van der Waals surface area contributed by atoms with Gasteiger partial charge in [0.1, 0.15) is 5.75 Å². The molecule has 0 aliphatic carbocycles. The van der Waals surface area contributed by atoms with E-state index in [-0.39, 0.29) is 6.04 Å². The van der Waals surface area contributed by atoms with Crippen LogP contribution < -0.4 is 16.0 Å². The molecule has 0 fully saturated rings. The number of ether oxygens (including phenoxy) is 1. The molecule has 2 aromatic rings. The molecule has 19 heavy (non-hydrogen) atoms. The van der Waals surface area contributed by atoms with Gasteiger partial charge in [-0.2, -0.15) is 0 Å². The van der Waals surface area contributed by atoms with Crippen LogP contribution in [0.3, 0.4) is 0 Å². The monoisotopic (exact) mass is 275 g/mol. The second-order valence-electron chi connectivity index (χ2n) is 4.43. The van der Waals surface area contributed by atoms with E-state index in [2.05, 4.69) is 16.5 Å². The highest BCUT2D eigenvalue weighted by molar-refractivity contribution is 6.30. The number of nitrogens with zero attached hydrogens (tertiary/aromatic N) is 1. The molecule has 5 heteroatoms. The topological polar surface area (TPSA) is 60.2 Å². The summed E-state index contributed by atoms with van der Waals surface area (Å²) in [4.78, 5) is 4.32. The van der Waals surface area contributed by atoms with Crippen LogP contribution >= 0.6 is 11.6 Å². The van der Waals surface area contributed by atoms with E-state index >= 15 is 0 Å². The number of nitrogens with one attached hydrogen (secondary N) is 1. The lowest BCUT2D eigenvalue weighted by atomic mass is 9.99. The van der Waals surface area contributed by atoms with Crippen molar-refractivity contribution < 1.29 is 4.74 Å². The summed E-state index contributed by atoms with van der Waals surface area (Å²) in [6, 6.07) is 9.56. The Morgan fingerprint density at radius 1 is 1.32 bits per heavy atom. The number of nitrogens with two attached hydrogens (primary N) is 1. The Hall–Kier alpha value is -1.62. The summed E-state index contributed by atoms with van der Waals surface area (Å²) in [5, 5.41) is 0.606. The Bertz CT molecular complexity index is 586. The third-order valence-corrected chi connectivity index (χ3v) is 3.49. The number of fused-ring (bicyclic) bond motifs is 1. The highest BCUT2D eigenvalue weighted by Crippen LogP contribution is 2.35. The second kappa shape index (κ2) is 5.17. The first-order chi connectivity index (χ1) is 9.29. The zero-order valence-electron chi connectivity index (χ0n) is 10.3. The molecule has 0 radical (unpaired) electrons. The van der Waals surface area contributed by atoms with Crippen LogP contribution in [0.1, 0.15) is 22.9 Å². The van der Waals surface area contributed by atoms with Gasteiger partial charge in [-0.25, -0.2) is 5.43 Å². The number of hydrazine groups is 1. The largest absolute Gasteiger partial charge is 0.493 e. The molecule has 1 aliphatic rings. The van der Waals surface area contributed by atoms with Crippen LogP contribution in [-0.4, -0.2) is 11.6 Å². The number of benzene rings is 1. The van der Waals surface area contributed by atoms with Gasteiger partial charge < -0.3 is 4.74 Å². The van der Waals surface area contributed by atoms with Crippen molar-refractivity contribution in [1.29, 1.82) is 0 Å². The lowest BCUT2D eigenvalue weighted by Crippen LogP contribution is -2.29. The molecular weight excluding hydrogens is 262 g/mol. The van der Waals surface area contributed by atoms with Crippen LogP contribution in [0.4, 0.5) is 0 Å². The summed E-state index contributed by atoms with van der Waals surface area (Å²) in [6.07, 6.45) is 2.56. The Balaban J connectivity index is 2.03. The smallest absolute Gasteiger partial charge is 0.127 e. The lowest BCUT2D eigenvalue weighted by molar-refractivity contribution is 0.350. The van der Waals surface area contributed by atoms with E-state index in [1.165, 1.54) is 5.56 Å². The van der Waals surface area contributed by atoms with Crippen LogP contribution in [0, 0.1) is 0 Å². The summed E-state index contributed by atoms with van der Waals surface area (Å²) in [6.45, 7) is 0.720. The highest BCUT2D eigenvalue weighted by Gasteiger charge is 2.23. The summed E-state index contributed by atoms with van der Waals surface area (Å²) in [7, 11) is 0. The fourth-order valence-electron chi connectivity index (χ4n) is 2.36. The van der Waals surface area contributed by atoms with Crippen LogP contribution in [-0.2, 0) is 6.42 Å². The summed E-state index contributed by atoms with van der Waals surface area (Å²) < 4.78 is 5.71. The molecule has 1 atom stereocenters. The Morgan fingerprint density at radius 3 is 2.95 bits per heavy atom. The van der Waals surface area contributed by atoms with Gasteiger partial charge in [0.25, 0.3) is 0 Å². The van der Waals surface area contributed by atoms with Crippen LogP contribution in [0.25, 0.3) is 0 Å². The minimum atomic E-state index is -0.203. The molecule has 0 saturated heterocycles. The van der Waals surface area contributed by atoms with Crippen molar-refractivity contribution in [3.63, 3.8) is 0 Å². The standard InChI is InChI=1S/C14H14ClN3O/c15-10-4-5-12(17-8-10)13(18-16)11-3-1-2-9-6-7-19-14(9)11/h1-5,8,13,18H,6-7,16H2. The van der Waals surface area contributed by atoms with E-state index in [0.717, 1.165) is 30.0 Å². The van der Waals surface area contributed by atoms with Crippen molar-refractivity contribution in [3.8, 4) is 5.75 Å². The molecule has 0 saturated carbocycles. The molecule has 2 heterocycles. The molecule has 98 valence electrons. The summed E-state index contributed by atoms with van der Waals surface area (Å²) >= 11 is 5.86. The Labute approximate surface area is 116 Å². The summed E-state index contributed by atoms with van der Waals surface area (Å²) in [5.41, 5.74) is 5.84. The molecule has 4 nitrogen and oxygen atoms in total. The predicted octanol–water partition coefficient (Wildman–Crippen LogP) is 2.22. The van der Waals surface area contributed by atoms with Crippen LogP contribution in [0.2, 0.25) is 5.02 Å². The van der Waals surface area contributed by atoms with E-state index in [1.54, 1.807) is 12.3 Å². The Kier molecular flexibility index (Phi) is 3.38. The van der Waals surface area contributed by atoms with E-state index in [0.29, 0.717) is 5.02 Å². The highest BCUT2D eigenvalue weighted by atomic mass is 35.5. The van der Waals surface area contributed by atoms with Gasteiger partial charge in [-0.05, 0) is 17.7 Å². The number of pyridine rings is 1. The van der Waals surface area contributed by atoms with Gasteiger partial charge in [0.15, 0.2) is 0 Å². The van der Waals surface area contributed by atoms with Gasteiger partial charge in [-0.3, -0.25) is 10.8 Å². The average molecular weight is 276 g/mol. The molecule has 1 aliphatic heterocycles. The first-order valence-corrected chi connectivity index (χ1v) is 6.49. The molecule has 1 aromatic carbocycles. The van der Waals surface area contributed by atoms with E-state index < -0.39 is 0 Å². The van der Waals surface area contributed by atoms with Crippen molar-refractivity contribution in [2.45, 2.75) is 12.5 Å². The molecule has 3 N–H and O–H groups in total. The minimum Gasteiger partial charge on any atom is -0.493 e. The normalized spacial score (nSPS) is 14.8. The first-order valence-electron chi connectivity index (χ1n) is 6.12. The number of rotatable bonds is 3. The molecule has 0 bridgehead atoms. The molecule has 1 unspecified atom stereocenters. The van der Waals surface area contributed by atoms with Crippen molar-refractivity contribution in [1.82, 2.24) is 10.4 Å². The lowest BCUT2D eigenvalue weighted by Gasteiger charge is -2.18. The number of halogens is 1. The van der Waals surface area contributed by atoms with Gasteiger partial charge in [0.2, 0.25) is 0 Å². The van der Waals surface area contributed by atoms with E-state index in [4.69, 9.17) is 22.2 Å². The Morgan fingerprint density at radius 2 is 2.21 bits per heavy atom. The number of aromatic nitrogens is 1. The van der Waals surface area contributed by atoms with Gasteiger partial charge in [-0.15, -0.1) is 0 Å². The maximum Gasteiger partial charge on any atom is 0.127 e. The maximum atomic E-state index is 5.86. The number of hydrogen-bond acceptors (Lipinski definition) is 4. The molecular formula is C14H14ClN3O. The van der Waals surface area contributed by atoms with E-state index in [9.17, 15) is 0 Å². The zero-order valence-corrected chi connectivity index (χ0v) is 11.0. The predicted molar refractivity (Wildman–Crippen MR) is 74.1 cm³/mol. The molecule has 0 amide bonds. The minimum absolute atomic E-state index is 0.203. The fourth-order valence-corrected chi connectivity index (χ4v) is 2.47. The van der Waals surface area contributed by atoms with Gasteiger partial charge >= 0.3 is 0 Å². The van der Waals surface area contributed by atoms with Crippen molar-refractivity contribution >= 4 is 11.6 Å². The van der Waals surface area contributed by atoms with Gasteiger partial charge in [0, 0.05) is 18.2 Å². The number of hydrogen-bond donors (Lipinski definition) is 2. The average Bonchev–Trinajstić information content (AvgIpc) is 2.91. The molecule has 1 aromatic heterocycles. The molecule has 0 spiro atoms. The number of para-hydroxylation sites is 1.